The zero-order valence-electron chi connectivity index (χ0n) is 10.9. The Labute approximate surface area is 104 Å². The summed E-state index contributed by atoms with van der Waals surface area (Å²) >= 11 is 0. The average molecular weight is 239 g/mol. The van der Waals surface area contributed by atoms with Crippen LogP contribution in [-0.4, -0.2) is 48.0 Å². The number of ether oxygens (including phenoxy) is 1. The monoisotopic (exact) mass is 239 g/mol. The molecular formula is C14H25NO2. The van der Waals surface area contributed by atoms with Gasteiger partial charge in [0.1, 0.15) is 0 Å². The van der Waals surface area contributed by atoms with Crippen molar-refractivity contribution in [3.63, 3.8) is 0 Å². The second kappa shape index (κ2) is 4.52. The molecule has 0 aromatic carbocycles. The van der Waals surface area contributed by atoms with Crippen molar-refractivity contribution in [3.8, 4) is 0 Å². The summed E-state index contributed by atoms with van der Waals surface area (Å²) in [4.78, 5) is 2.53. The molecule has 1 N–H and O–H groups in total. The number of hydrogen-bond donors (Lipinski definition) is 1. The highest BCUT2D eigenvalue weighted by molar-refractivity contribution is 5.01. The highest BCUT2D eigenvalue weighted by atomic mass is 16.5. The van der Waals surface area contributed by atoms with Crippen LogP contribution in [0.3, 0.4) is 0 Å². The molecule has 0 aromatic heterocycles. The lowest BCUT2D eigenvalue weighted by Gasteiger charge is -2.53. The Bertz CT molecular complexity index is 261. The quantitative estimate of drug-likeness (QED) is 0.757. The van der Waals surface area contributed by atoms with Gasteiger partial charge in [0.15, 0.2) is 0 Å². The number of rotatable bonds is 1. The lowest BCUT2D eigenvalue weighted by molar-refractivity contribution is -0.135. The standard InChI is InChI=1S/C14H25NO2/c1-15-12-3-2-4-13(15)10-14(16,9-12)11-5-7-17-8-6-11/h11-13,16H,2-10H2,1H3. The van der Waals surface area contributed by atoms with Crippen LogP contribution in [-0.2, 0) is 4.74 Å². The fraction of sp³-hybridized carbons (Fsp3) is 1.00. The van der Waals surface area contributed by atoms with Gasteiger partial charge in [-0.3, -0.25) is 0 Å². The molecular weight excluding hydrogens is 214 g/mol. The molecule has 17 heavy (non-hydrogen) atoms. The van der Waals surface area contributed by atoms with Crippen LogP contribution in [0.15, 0.2) is 0 Å². The summed E-state index contributed by atoms with van der Waals surface area (Å²) in [5.41, 5.74) is -0.397. The maximum Gasteiger partial charge on any atom is 0.0707 e. The van der Waals surface area contributed by atoms with Gasteiger partial charge in [-0.05, 0) is 51.5 Å². The predicted octanol–water partition coefficient (Wildman–Crippen LogP) is 1.79. The van der Waals surface area contributed by atoms with Gasteiger partial charge in [0.2, 0.25) is 0 Å². The Morgan fingerprint density at radius 3 is 2.24 bits per heavy atom. The van der Waals surface area contributed by atoms with E-state index in [-0.39, 0.29) is 0 Å². The second-order valence-corrected chi connectivity index (χ2v) is 6.30. The summed E-state index contributed by atoms with van der Waals surface area (Å²) in [6.45, 7) is 1.69. The van der Waals surface area contributed by atoms with Crippen molar-refractivity contribution >= 4 is 0 Å². The largest absolute Gasteiger partial charge is 0.389 e. The number of aliphatic hydroxyl groups is 1. The molecule has 2 atom stereocenters. The van der Waals surface area contributed by atoms with Crippen LogP contribution in [0.1, 0.15) is 44.9 Å². The zero-order chi connectivity index (χ0) is 11.9. The number of hydrogen-bond acceptors (Lipinski definition) is 3. The first-order valence-corrected chi connectivity index (χ1v) is 7.21. The minimum Gasteiger partial charge on any atom is -0.389 e. The van der Waals surface area contributed by atoms with Crippen molar-refractivity contribution in [2.75, 3.05) is 20.3 Å². The normalized spacial score (nSPS) is 44.8. The molecule has 3 saturated heterocycles. The fourth-order valence-corrected chi connectivity index (χ4v) is 4.25. The first-order chi connectivity index (χ1) is 8.19. The molecule has 3 heteroatoms. The van der Waals surface area contributed by atoms with Crippen molar-refractivity contribution in [3.05, 3.63) is 0 Å². The highest BCUT2D eigenvalue weighted by Gasteiger charge is 2.47. The van der Waals surface area contributed by atoms with E-state index in [1.807, 2.05) is 0 Å². The molecule has 3 nitrogen and oxygen atoms in total. The predicted molar refractivity (Wildman–Crippen MR) is 66.9 cm³/mol. The summed E-state index contributed by atoms with van der Waals surface area (Å²) in [6.07, 6.45) is 8.00. The molecule has 0 saturated carbocycles. The third kappa shape index (κ3) is 2.13. The molecule has 2 bridgehead atoms. The minimum atomic E-state index is -0.397. The molecule has 0 aliphatic carbocycles. The van der Waals surface area contributed by atoms with Crippen LogP contribution in [0.4, 0.5) is 0 Å². The van der Waals surface area contributed by atoms with Gasteiger partial charge in [-0.25, -0.2) is 0 Å². The molecule has 3 fully saturated rings. The summed E-state index contributed by atoms with van der Waals surface area (Å²) in [6, 6.07) is 1.24. The molecule has 0 spiro atoms. The van der Waals surface area contributed by atoms with Gasteiger partial charge in [0.25, 0.3) is 0 Å². The maximum atomic E-state index is 11.0. The lowest BCUT2D eigenvalue weighted by Crippen LogP contribution is -2.59. The summed E-state index contributed by atoms with van der Waals surface area (Å²) in [5, 5.41) is 11.0. The summed E-state index contributed by atoms with van der Waals surface area (Å²) < 4.78 is 5.43. The van der Waals surface area contributed by atoms with E-state index >= 15 is 0 Å². The van der Waals surface area contributed by atoms with Crippen LogP contribution in [0.2, 0.25) is 0 Å². The Morgan fingerprint density at radius 1 is 1.06 bits per heavy atom. The molecule has 98 valence electrons. The van der Waals surface area contributed by atoms with E-state index < -0.39 is 5.60 Å². The van der Waals surface area contributed by atoms with Gasteiger partial charge >= 0.3 is 0 Å². The zero-order valence-corrected chi connectivity index (χ0v) is 10.9. The van der Waals surface area contributed by atoms with E-state index in [1.165, 1.54) is 19.3 Å². The number of fused-ring (bicyclic) bond motifs is 2. The molecule has 0 amide bonds. The van der Waals surface area contributed by atoms with E-state index in [9.17, 15) is 5.11 Å². The molecule has 0 radical (unpaired) electrons. The first-order valence-electron chi connectivity index (χ1n) is 7.21. The first kappa shape index (κ1) is 11.9. The lowest BCUT2D eigenvalue weighted by atomic mass is 9.68. The van der Waals surface area contributed by atoms with Crippen LogP contribution < -0.4 is 0 Å². The van der Waals surface area contributed by atoms with E-state index in [2.05, 4.69) is 11.9 Å². The summed E-state index contributed by atoms with van der Waals surface area (Å²) in [5.74, 6) is 0.480. The van der Waals surface area contributed by atoms with Crippen molar-refractivity contribution in [1.29, 1.82) is 0 Å². The third-order valence-electron chi connectivity index (χ3n) is 5.39. The van der Waals surface area contributed by atoms with Gasteiger partial charge in [0.05, 0.1) is 5.60 Å². The van der Waals surface area contributed by atoms with Gasteiger partial charge in [-0.2, -0.15) is 0 Å². The smallest absolute Gasteiger partial charge is 0.0707 e. The van der Waals surface area contributed by atoms with Crippen molar-refractivity contribution in [1.82, 2.24) is 4.90 Å². The van der Waals surface area contributed by atoms with Crippen LogP contribution in [0.5, 0.6) is 0 Å². The number of nitrogens with zero attached hydrogens (tertiary/aromatic N) is 1. The van der Waals surface area contributed by atoms with Crippen molar-refractivity contribution < 1.29 is 9.84 Å². The molecule has 3 aliphatic rings. The Hall–Kier alpha value is -0.120. The fourth-order valence-electron chi connectivity index (χ4n) is 4.25. The van der Waals surface area contributed by atoms with Gasteiger partial charge in [-0.15, -0.1) is 0 Å². The topological polar surface area (TPSA) is 32.7 Å². The second-order valence-electron chi connectivity index (χ2n) is 6.30. The molecule has 3 heterocycles. The van der Waals surface area contributed by atoms with Crippen LogP contribution >= 0.6 is 0 Å². The molecule has 2 unspecified atom stereocenters. The Balaban J connectivity index is 1.74. The van der Waals surface area contributed by atoms with Crippen LogP contribution in [0.25, 0.3) is 0 Å². The number of piperidine rings is 2. The van der Waals surface area contributed by atoms with E-state index in [4.69, 9.17) is 4.74 Å². The Kier molecular flexibility index (Phi) is 3.18. The maximum absolute atomic E-state index is 11.0. The van der Waals surface area contributed by atoms with E-state index in [0.717, 1.165) is 38.9 Å². The van der Waals surface area contributed by atoms with Crippen molar-refractivity contribution in [2.45, 2.75) is 62.6 Å². The average Bonchev–Trinajstić information content (AvgIpc) is 2.33. The van der Waals surface area contributed by atoms with E-state index in [0.29, 0.717) is 18.0 Å². The van der Waals surface area contributed by atoms with Gasteiger partial charge in [-0.1, -0.05) is 6.42 Å². The van der Waals surface area contributed by atoms with E-state index in [1.54, 1.807) is 0 Å². The summed E-state index contributed by atoms with van der Waals surface area (Å²) in [7, 11) is 2.25. The minimum absolute atomic E-state index is 0.397. The highest BCUT2D eigenvalue weighted by Crippen LogP contribution is 2.44. The third-order valence-corrected chi connectivity index (χ3v) is 5.39. The van der Waals surface area contributed by atoms with Crippen LogP contribution in [0, 0.1) is 5.92 Å². The Morgan fingerprint density at radius 2 is 1.65 bits per heavy atom. The molecule has 3 aliphatic heterocycles. The van der Waals surface area contributed by atoms with Gasteiger partial charge < -0.3 is 14.7 Å². The molecule has 3 rings (SSSR count). The van der Waals surface area contributed by atoms with Crippen molar-refractivity contribution in [2.24, 2.45) is 5.92 Å². The molecule has 0 aromatic rings. The van der Waals surface area contributed by atoms with Gasteiger partial charge in [0, 0.05) is 25.3 Å². The SMILES string of the molecule is CN1C2CCCC1CC(O)(C1CCOCC1)C2.